The maximum Gasteiger partial charge on any atom is 0.315 e. The monoisotopic (exact) mass is 344 g/mol. The minimum atomic E-state index is 0.0262. The molecule has 3 heterocycles. The number of hydrogen-bond donors (Lipinski definition) is 1. The first-order valence-corrected chi connectivity index (χ1v) is 9.01. The van der Waals surface area contributed by atoms with Crippen LogP contribution in [0, 0.1) is 5.92 Å². The Hall–Kier alpha value is -2.38. The number of rotatable bonds is 6. The van der Waals surface area contributed by atoms with Crippen molar-refractivity contribution in [2.45, 2.75) is 44.6 Å². The highest BCUT2D eigenvalue weighted by molar-refractivity contribution is 5.77. The summed E-state index contributed by atoms with van der Waals surface area (Å²) in [6.45, 7) is 3.41. The maximum absolute atomic E-state index is 12.4. The highest BCUT2D eigenvalue weighted by atomic mass is 16.4. The molecular formula is C17H24N6O2. The van der Waals surface area contributed by atoms with Gasteiger partial charge in [0.25, 0.3) is 0 Å². The molecule has 2 atom stereocenters. The van der Waals surface area contributed by atoms with Gasteiger partial charge in [-0.3, -0.25) is 9.48 Å². The van der Waals surface area contributed by atoms with Gasteiger partial charge < -0.3 is 14.6 Å². The van der Waals surface area contributed by atoms with Crippen LogP contribution < -0.4 is 5.32 Å². The van der Waals surface area contributed by atoms with Crippen LogP contribution >= 0.6 is 0 Å². The molecule has 0 radical (unpaired) electrons. The van der Waals surface area contributed by atoms with Gasteiger partial charge >= 0.3 is 6.01 Å². The molecule has 25 heavy (non-hydrogen) atoms. The molecular weight excluding hydrogens is 320 g/mol. The quantitative estimate of drug-likeness (QED) is 0.863. The summed E-state index contributed by atoms with van der Waals surface area (Å²) in [7, 11) is 1.90. The summed E-state index contributed by atoms with van der Waals surface area (Å²) in [6, 6.07) is 0.505. The number of carbonyl (C=O) groups is 1. The van der Waals surface area contributed by atoms with Crippen LogP contribution in [0.1, 0.15) is 56.0 Å². The van der Waals surface area contributed by atoms with Gasteiger partial charge in [0.15, 0.2) is 0 Å². The Bertz CT molecular complexity index is 750. The largest absolute Gasteiger partial charge is 0.408 e. The normalized spacial score (nSPS) is 23.9. The lowest BCUT2D eigenvalue weighted by molar-refractivity contribution is -0.138. The van der Waals surface area contributed by atoms with E-state index in [9.17, 15) is 4.79 Å². The fraction of sp³-hybridized carbons (Fsp3) is 0.647. The summed E-state index contributed by atoms with van der Waals surface area (Å²) >= 11 is 0. The Morgan fingerprint density at radius 3 is 2.84 bits per heavy atom. The Morgan fingerprint density at radius 1 is 1.32 bits per heavy atom. The van der Waals surface area contributed by atoms with Crippen molar-refractivity contribution in [2.24, 2.45) is 13.0 Å². The van der Waals surface area contributed by atoms with Crippen LogP contribution in [0.15, 0.2) is 16.8 Å². The summed E-state index contributed by atoms with van der Waals surface area (Å²) in [6.07, 6.45) is 7.55. The van der Waals surface area contributed by atoms with E-state index in [1.807, 2.05) is 31.3 Å². The first-order valence-electron chi connectivity index (χ1n) is 9.01. The van der Waals surface area contributed by atoms with Crippen molar-refractivity contribution in [3.63, 3.8) is 0 Å². The topological polar surface area (TPSA) is 89.1 Å². The van der Waals surface area contributed by atoms with E-state index in [4.69, 9.17) is 4.42 Å². The molecule has 2 aliphatic rings. The van der Waals surface area contributed by atoms with E-state index in [1.165, 1.54) is 0 Å². The van der Waals surface area contributed by atoms with E-state index >= 15 is 0 Å². The van der Waals surface area contributed by atoms with Crippen molar-refractivity contribution in [1.29, 1.82) is 0 Å². The number of aryl methyl sites for hydroxylation is 1. The molecule has 2 aromatic rings. The number of carbonyl (C=O) groups excluding carboxylic acids is 1. The Morgan fingerprint density at radius 2 is 2.16 bits per heavy atom. The molecule has 134 valence electrons. The third kappa shape index (κ3) is 3.25. The number of amides is 1. The number of piperidine rings is 1. The molecule has 0 bridgehead atoms. The van der Waals surface area contributed by atoms with E-state index in [1.54, 1.807) is 4.68 Å². The van der Waals surface area contributed by atoms with Gasteiger partial charge in [-0.15, -0.1) is 5.10 Å². The lowest BCUT2D eigenvalue weighted by atomic mass is 9.85. The molecule has 0 spiro atoms. The van der Waals surface area contributed by atoms with Gasteiger partial charge in [-0.1, -0.05) is 5.10 Å². The number of likely N-dealkylation sites (tertiary alicyclic amines) is 1. The van der Waals surface area contributed by atoms with E-state index in [0.29, 0.717) is 31.4 Å². The minimum Gasteiger partial charge on any atom is -0.408 e. The summed E-state index contributed by atoms with van der Waals surface area (Å²) in [5.74, 6) is 1.67. The summed E-state index contributed by atoms with van der Waals surface area (Å²) < 4.78 is 7.47. The fourth-order valence-electron chi connectivity index (χ4n) is 3.67. The highest BCUT2D eigenvalue weighted by Crippen LogP contribution is 2.40. The molecule has 8 nitrogen and oxygen atoms in total. The van der Waals surface area contributed by atoms with Crippen molar-refractivity contribution in [2.75, 3.05) is 18.4 Å². The Labute approximate surface area is 146 Å². The molecule has 1 amide bonds. The number of hydrogen-bond acceptors (Lipinski definition) is 6. The van der Waals surface area contributed by atoms with Gasteiger partial charge in [0, 0.05) is 50.2 Å². The van der Waals surface area contributed by atoms with Gasteiger partial charge in [0.05, 0.1) is 12.2 Å². The predicted molar refractivity (Wildman–Crippen MR) is 90.8 cm³/mol. The van der Waals surface area contributed by atoms with Crippen molar-refractivity contribution < 1.29 is 9.21 Å². The number of aromatic nitrogens is 4. The van der Waals surface area contributed by atoms with E-state index in [-0.39, 0.29) is 17.9 Å². The number of anilines is 1. The zero-order chi connectivity index (χ0) is 17.4. The average molecular weight is 344 g/mol. The summed E-state index contributed by atoms with van der Waals surface area (Å²) in [5, 5.41) is 15.8. The standard InChI is InChI=1S/C17H24N6O2/c1-3-23-14(24)7-6-12(15(23)13-9-19-22(2)10-13)8-18-17-21-20-16(25-17)11-4-5-11/h9-12,15H,3-8H2,1-2H3,(H,18,21)/t12-,15+/m1/s1. The number of nitrogens with zero attached hydrogens (tertiary/aromatic N) is 5. The second-order valence-electron chi connectivity index (χ2n) is 6.97. The summed E-state index contributed by atoms with van der Waals surface area (Å²) in [4.78, 5) is 14.3. The number of nitrogens with one attached hydrogen (secondary N) is 1. The second kappa shape index (κ2) is 6.50. The van der Waals surface area contributed by atoms with Crippen LogP contribution in [0.2, 0.25) is 0 Å². The van der Waals surface area contributed by atoms with Crippen LogP contribution in [0.5, 0.6) is 0 Å². The van der Waals surface area contributed by atoms with Gasteiger partial charge in [-0.2, -0.15) is 5.10 Å². The second-order valence-corrected chi connectivity index (χ2v) is 6.97. The van der Waals surface area contributed by atoms with Crippen LogP contribution in [0.4, 0.5) is 6.01 Å². The van der Waals surface area contributed by atoms with Crippen LogP contribution in [-0.4, -0.2) is 43.9 Å². The molecule has 2 aromatic heterocycles. The van der Waals surface area contributed by atoms with E-state index in [0.717, 1.165) is 30.7 Å². The van der Waals surface area contributed by atoms with Crippen molar-refractivity contribution in [1.82, 2.24) is 24.9 Å². The smallest absolute Gasteiger partial charge is 0.315 e. The lowest BCUT2D eigenvalue weighted by Gasteiger charge is -2.40. The van der Waals surface area contributed by atoms with Crippen LogP contribution in [0.25, 0.3) is 0 Å². The molecule has 0 aromatic carbocycles. The van der Waals surface area contributed by atoms with Gasteiger partial charge in [-0.05, 0) is 26.2 Å². The van der Waals surface area contributed by atoms with Gasteiger partial charge in [0.2, 0.25) is 11.8 Å². The Balaban J connectivity index is 1.49. The van der Waals surface area contributed by atoms with E-state index < -0.39 is 0 Å². The molecule has 1 saturated carbocycles. The first-order chi connectivity index (χ1) is 12.2. The molecule has 1 aliphatic carbocycles. The minimum absolute atomic E-state index is 0.0262. The zero-order valence-corrected chi connectivity index (χ0v) is 14.7. The summed E-state index contributed by atoms with van der Waals surface area (Å²) in [5.41, 5.74) is 1.08. The fourth-order valence-corrected chi connectivity index (χ4v) is 3.67. The molecule has 4 rings (SSSR count). The van der Waals surface area contributed by atoms with Crippen molar-refractivity contribution in [3.8, 4) is 0 Å². The van der Waals surface area contributed by atoms with Crippen LogP contribution in [-0.2, 0) is 11.8 Å². The predicted octanol–water partition coefficient (Wildman–Crippen LogP) is 2.09. The zero-order valence-electron chi connectivity index (χ0n) is 14.7. The molecule has 2 fully saturated rings. The SMILES string of the molecule is CCN1C(=O)CC[C@H](CNc2nnc(C3CC3)o2)[C@H]1c1cnn(C)c1. The molecule has 1 aliphatic heterocycles. The van der Waals surface area contributed by atoms with Crippen molar-refractivity contribution in [3.05, 3.63) is 23.8 Å². The maximum atomic E-state index is 12.4. The highest BCUT2D eigenvalue weighted by Gasteiger charge is 2.37. The molecule has 1 N–H and O–H groups in total. The van der Waals surface area contributed by atoms with Crippen LogP contribution in [0.3, 0.4) is 0 Å². The lowest BCUT2D eigenvalue weighted by Crippen LogP contribution is -2.44. The molecule has 1 saturated heterocycles. The van der Waals surface area contributed by atoms with E-state index in [2.05, 4.69) is 20.6 Å². The van der Waals surface area contributed by atoms with Crippen molar-refractivity contribution >= 4 is 11.9 Å². The third-order valence-electron chi connectivity index (χ3n) is 5.12. The molecule has 8 heteroatoms. The average Bonchev–Trinajstić information content (AvgIpc) is 3.20. The molecule has 0 unspecified atom stereocenters. The first kappa shape index (κ1) is 16.1. The Kier molecular flexibility index (Phi) is 4.19. The van der Waals surface area contributed by atoms with Gasteiger partial charge in [-0.25, -0.2) is 0 Å². The van der Waals surface area contributed by atoms with Gasteiger partial charge in [0.1, 0.15) is 0 Å². The third-order valence-corrected chi connectivity index (χ3v) is 5.12.